The molecule has 0 saturated heterocycles. The quantitative estimate of drug-likeness (QED) is 0.0307. The number of thiophene rings is 6. The fraction of sp³-hybridized carbons (Fsp3) is 0.359. The summed E-state index contributed by atoms with van der Waals surface area (Å²) in [6.45, 7) is 20.6. The third-order valence-corrected chi connectivity index (χ3v) is 38.7. The lowest BCUT2D eigenvalue weighted by atomic mass is 9.99. The lowest BCUT2D eigenvalue weighted by Crippen LogP contribution is -2.46. The highest BCUT2D eigenvalue weighted by Crippen LogP contribution is 2.55. The maximum Gasteiger partial charge on any atom is 0.170 e. The van der Waals surface area contributed by atoms with Crippen LogP contribution in [0.25, 0.3) is 82.7 Å². The number of unbranched alkanes of at least 4 members (excludes halogenated alkanes) is 3. The summed E-state index contributed by atoms with van der Waals surface area (Å²) < 4.78 is 40.1. The Hall–Kier alpha value is -6.53. The molecular weight excluding hydrogens is 1340 g/mol. The topological polar surface area (TPSA) is 30.7 Å². The molecule has 0 N–H and O–H groups in total. The van der Waals surface area contributed by atoms with Gasteiger partial charge in [0.2, 0.25) is 0 Å². The molecule has 0 amide bonds. The Bertz CT molecular complexity index is 4670. The van der Waals surface area contributed by atoms with Crippen LogP contribution in [0.4, 0.5) is 8.78 Å². The molecule has 0 bridgehead atoms. The van der Waals surface area contributed by atoms with Gasteiger partial charge in [0.1, 0.15) is 27.2 Å². The predicted molar refractivity (Wildman–Crippen MR) is 411 cm³/mol. The van der Waals surface area contributed by atoms with Gasteiger partial charge in [-0.1, -0.05) is 178 Å². The summed E-state index contributed by atoms with van der Waals surface area (Å²) in [6.07, 6.45) is 16.8. The summed E-state index contributed by atoms with van der Waals surface area (Å²) >= 11 is 25.6. The zero-order chi connectivity index (χ0) is 66.1. The van der Waals surface area contributed by atoms with E-state index in [4.69, 9.17) is 39.8 Å². The van der Waals surface area contributed by atoms with Crippen molar-refractivity contribution in [3.05, 3.63) is 80.0 Å². The minimum absolute atomic E-state index is 0.0912. The van der Waals surface area contributed by atoms with Crippen LogP contribution in [0.1, 0.15) is 129 Å². The average molecular weight is 1410 g/mol. The van der Waals surface area contributed by atoms with Gasteiger partial charge in [0.05, 0.1) is 27.7 Å². The lowest BCUT2D eigenvalue weighted by Gasteiger charge is -2.30. The van der Waals surface area contributed by atoms with Crippen molar-refractivity contribution in [3.8, 4) is 159 Å². The highest BCUT2D eigenvalue weighted by molar-refractivity contribution is 7.33. The third kappa shape index (κ3) is 16.2. The van der Waals surface area contributed by atoms with Gasteiger partial charge < -0.3 is 0 Å². The van der Waals surface area contributed by atoms with E-state index >= 15 is 8.78 Å². The van der Waals surface area contributed by atoms with Crippen molar-refractivity contribution >= 4 is 148 Å². The highest BCUT2D eigenvalue weighted by atomic mass is 35.5. The molecule has 0 saturated carbocycles. The van der Waals surface area contributed by atoms with E-state index < -0.39 is 27.8 Å². The molecule has 0 spiro atoms. The van der Waals surface area contributed by atoms with Crippen LogP contribution < -0.4 is 9.00 Å². The molecule has 0 aliphatic heterocycles. The van der Waals surface area contributed by atoms with Crippen LogP contribution in [-0.4, -0.2) is 31.1 Å². The smallest absolute Gasteiger partial charge is 0.170 e. The van der Waals surface area contributed by atoms with Gasteiger partial charge in [-0.2, -0.15) is 15.0 Å². The van der Waals surface area contributed by atoms with Gasteiger partial charge in [0, 0.05) is 85.2 Å². The minimum atomic E-state index is -1.94. The SMILES string of the molecule is C#CC#CC#CC#CC#CC#CC#CC#CC#CC(CCCCCC)Cn1nc2c(-c3ccc(C)s3)c(F)c(F)c(-c3ccc(-c4cc5c(-c6cc(Cl)c([Si](CCC)(CCC)CCC)s6)c6sc(C)cc6c(-c6cc(Cl)c([Si](CCC)(CCC)CCC)s6)c5s4)s3)c2n1. The Morgan fingerprint density at radius 1 is 0.452 bits per heavy atom. The van der Waals surface area contributed by atoms with Gasteiger partial charge in [-0.25, -0.2) is 8.78 Å². The number of terminal acetylenes is 1. The Kier molecular flexibility index (Phi) is 25.7. The number of aromatic nitrogens is 3. The second kappa shape index (κ2) is 33.7. The molecule has 9 rings (SSSR count). The molecule has 1 unspecified atom stereocenters. The molecule has 7 heterocycles. The van der Waals surface area contributed by atoms with Crippen LogP contribution in [0.5, 0.6) is 0 Å². The van der Waals surface area contributed by atoms with E-state index in [1.165, 1.54) is 114 Å². The first-order valence-corrected chi connectivity index (χ1v) is 43.1. The molecule has 0 aliphatic carbocycles. The number of hydrogen-bond donors (Lipinski definition) is 0. The van der Waals surface area contributed by atoms with E-state index in [1.807, 2.05) is 59.1 Å². The number of nitrogens with zero attached hydrogens (tertiary/aromatic N) is 3. The number of halogens is 4. The van der Waals surface area contributed by atoms with Crippen molar-refractivity contribution < 1.29 is 8.78 Å². The average Bonchev–Trinajstić information content (AvgIpc) is 1.58. The van der Waals surface area contributed by atoms with Crippen molar-refractivity contribution in [3.63, 3.8) is 0 Å². The van der Waals surface area contributed by atoms with E-state index in [-0.39, 0.29) is 23.6 Å². The van der Waals surface area contributed by atoms with E-state index in [2.05, 4.69) is 186 Å². The summed E-state index contributed by atoms with van der Waals surface area (Å²) in [5.41, 5.74) is 3.24. The largest absolute Gasteiger partial charge is 0.203 e. The van der Waals surface area contributed by atoms with Gasteiger partial charge in [0.25, 0.3) is 0 Å². The summed E-state index contributed by atoms with van der Waals surface area (Å²) in [6, 6.07) is 24.4. The molecule has 0 radical (unpaired) electrons. The molecule has 1 atom stereocenters. The van der Waals surface area contributed by atoms with Crippen molar-refractivity contribution in [1.29, 1.82) is 0 Å². The predicted octanol–water partition coefficient (Wildman–Crippen LogP) is 22.7. The minimum Gasteiger partial charge on any atom is -0.203 e. The molecule has 9 aromatic rings. The summed E-state index contributed by atoms with van der Waals surface area (Å²) in [5.74, 6) is 42.8. The Morgan fingerprint density at radius 3 is 1.35 bits per heavy atom. The molecule has 3 nitrogen and oxygen atoms in total. The van der Waals surface area contributed by atoms with Gasteiger partial charge in [-0.3, -0.25) is 0 Å². The van der Waals surface area contributed by atoms with Crippen molar-refractivity contribution in [1.82, 2.24) is 15.0 Å². The van der Waals surface area contributed by atoms with Crippen LogP contribution in [0.2, 0.25) is 46.3 Å². The van der Waals surface area contributed by atoms with Crippen molar-refractivity contribution in [2.75, 3.05) is 0 Å². The normalized spacial score (nSPS) is 11.3. The zero-order valence-electron chi connectivity index (χ0n) is 54.3. The van der Waals surface area contributed by atoms with Gasteiger partial charge in [-0.15, -0.1) is 74.4 Å². The molecule has 15 heteroatoms. The molecule has 2 aromatic carbocycles. The van der Waals surface area contributed by atoms with Crippen molar-refractivity contribution in [2.45, 2.75) is 176 Å². The molecule has 93 heavy (non-hydrogen) atoms. The Morgan fingerprint density at radius 2 is 0.892 bits per heavy atom. The van der Waals surface area contributed by atoms with Crippen LogP contribution in [0.3, 0.4) is 0 Å². The number of benzene rings is 2. The molecule has 7 aromatic heterocycles. The maximum atomic E-state index is 17.5. The van der Waals surface area contributed by atoms with Gasteiger partial charge in [-0.05, 0) is 164 Å². The number of fused-ring (bicyclic) bond motifs is 3. The molecule has 0 aliphatic rings. The van der Waals surface area contributed by atoms with Crippen LogP contribution >= 0.6 is 91.2 Å². The van der Waals surface area contributed by atoms with E-state index in [9.17, 15) is 0 Å². The summed E-state index contributed by atoms with van der Waals surface area (Å²) in [5, 5.41) is 14.3. The Balaban J connectivity index is 1.17. The number of rotatable bonds is 26. The summed E-state index contributed by atoms with van der Waals surface area (Å²) in [4.78, 5) is 9.34. The van der Waals surface area contributed by atoms with Gasteiger partial charge >= 0.3 is 0 Å². The van der Waals surface area contributed by atoms with Crippen LogP contribution in [-0.2, 0) is 6.54 Å². The first-order valence-electron chi connectivity index (χ1n) is 32.2. The monoisotopic (exact) mass is 1410 g/mol. The Labute approximate surface area is 586 Å². The van der Waals surface area contributed by atoms with Gasteiger partial charge in [0.15, 0.2) is 11.6 Å². The van der Waals surface area contributed by atoms with E-state index in [0.717, 1.165) is 95.3 Å². The zero-order valence-corrected chi connectivity index (χ0v) is 62.7. The van der Waals surface area contributed by atoms with Crippen LogP contribution in [0.15, 0.2) is 48.5 Å². The second-order valence-electron chi connectivity index (χ2n) is 23.5. The molecular formula is C78H73Cl2F2N3S6Si2. The number of aryl methyl sites for hydroxylation is 2. The first-order chi connectivity index (χ1) is 45.2. The fourth-order valence-corrected chi connectivity index (χ4v) is 35.1. The number of hydrogen-bond acceptors (Lipinski definition) is 8. The molecule has 0 fully saturated rings. The van der Waals surface area contributed by atoms with E-state index in [0.29, 0.717) is 20.8 Å². The maximum absolute atomic E-state index is 17.5. The third-order valence-electron chi connectivity index (χ3n) is 16.6. The summed E-state index contributed by atoms with van der Waals surface area (Å²) in [7, 11) is -3.88. The lowest BCUT2D eigenvalue weighted by molar-refractivity contribution is 0.423. The standard InChI is InChI=1S/C78H73Cl2F2N3S6Si2/c1-11-19-21-23-24-25-26-27-28-29-30-31-32-33-34-36-38-56(37-35-22-20-12-2)53-85-83-73-69(62-40-39-54(9)86-62)71(81)72(82)70(74(73)84-85)63-42-41-61(88-63)64-50-58-68(66-52-60(80)78(91-66)93(46-16-6,47-17-7)48-18-8)75-57(49-55(10)87-75)67(76(58)89-64)65-51-59(79)77(90-65)92(43-13-3,44-14-4)45-15-5/h1,39-42,49-52,56H,12-18,20,22,35,37,43-48,53H2,2-10H3. The fourth-order valence-electron chi connectivity index (χ4n) is 13.1. The van der Waals surface area contributed by atoms with Crippen molar-refractivity contribution in [2.24, 2.45) is 5.92 Å². The molecule has 472 valence electrons. The van der Waals surface area contributed by atoms with E-state index in [1.54, 1.807) is 16.1 Å². The second-order valence-corrected chi connectivity index (χ2v) is 40.9. The highest BCUT2D eigenvalue weighted by Gasteiger charge is 2.39. The first kappa shape index (κ1) is 70.8. The van der Waals surface area contributed by atoms with Crippen LogP contribution in [0, 0.1) is 138 Å².